The Morgan fingerprint density at radius 3 is 2.38 bits per heavy atom. The van der Waals surface area contributed by atoms with Crippen molar-refractivity contribution in [3.8, 4) is 0 Å². The van der Waals surface area contributed by atoms with Crippen molar-refractivity contribution in [1.29, 1.82) is 0 Å². The van der Waals surface area contributed by atoms with Crippen molar-refractivity contribution in [2.24, 2.45) is 17.0 Å². The number of rotatable bonds is 0. The number of hydrogen-bond donors (Lipinski definition) is 0. The molecule has 3 rings (SSSR count). The summed E-state index contributed by atoms with van der Waals surface area (Å²) in [6, 6.07) is 0. The monoisotopic (exact) mass is 226 g/mol. The van der Waals surface area contributed by atoms with E-state index in [2.05, 4.69) is 12.1 Å². The van der Waals surface area contributed by atoms with Crippen molar-refractivity contribution in [1.82, 2.24) is 0 Å². The quantitative estimate of drug-likeness (QED) is 0.594. The fourth-order valence-electron chi connectivity index (χ4n) is 1.34. The maximum atomic E-state index is 5.17. The highest BCUT2D eigenvalue weighted by Crippen LogP contribution is 2.26. The largest absolute Gasteiger partial charge is 0.395 e. The van der Waals surface area contributed by atoms with E-state index in [0.717, 1.165) is 31.3 Å². The van der Waals surface area contributed by atoms with Crippen LogP contribution < -0.4 is 0 Å². The van der Waals surface area contributed by atoms with Crippen LogP contribution in [0.4, 0.5) is 0 Å². The highest BCUT2D eigenvalue weighted by atomic mass is 16.6. The maximum Gasteiger partial charge on any atom is 0.125 e. The first kappa shape index (κ1) is 13.4. The Hall–Kier alpha value is -0.700. The molecule has 2 heterocycles. The first-order chi connectivity index (χ1) is 7.77. The number of hydrogen-bond acceptors (Lipinski definition) is 3. The van der Waals surface area contributed by atoms with E-state index >= 15 is 0 Å². The maximum absolute atomic E-state index is 5.17. The van der Waals surface area contributed by atoms with Gasteiger partial charge in [0.1, 0.15) is 6.61 Å². The highest BCUT2D eigenvalue weighted by molar-refractivity contribution is 5.89. The van der Waals surface area contributed by atoms with Gasteiger partial charge in [0.15, 0.2) is 0 Å². The van der Waals surface area contributed by atoms with Gasteiger partial charge in [-0.1, -0.05) is 24.9 Å². The van der Waals surface area contributed by atoms with Crippen molar-refractivity contribution >= 4 is 5.71 Å². The van der Waals surface area contributed by atoms with Crippen LogP contribution in [-0.2, 0) is 9.57 Å². The number of ether oxygens (including phenoxy) is 1. The molecule has 16 heavy (non-hydrogen) atoms. The zero-order valence-electron chi connectivity index (χ0n) is 10.7. The van der Waals surface area contributed by atoms with Crippen LogP contribution in [0.2, 0.25) is 0 Å². The fraction of sp³-hybridized carbons (Fsp3) is 0.846. The van der Waals surface area contributed by atoms with E-state index in [0.29, 0.717) is 12.5 Å². The SMILES string of the molecule is C1CC2CON=C2CO1.CC1CC1.C[CH+]C. The van der Waals surface area contributed by atoms with Crippen molar-refractivity contribution in [2.75, 3.05) is 19.8 Å². The van der Waals surface area contributed by atoms with Gasteiger partial charge >= 0.3 is 0 Å². The molecular weight excluding hydrogens is 202 g/mol. The zero-order chi connectivity index (χ0) is 11.8. The summed E-state index contributed by atoms with van der Waals surface area (Å²) in [5.41, 5.74) is 1.10. The lowest BCUT2D eigenvalue weighted by molar-refractivity contribution is 0.120. The summed E-state index contributed by atoms with van der Waals surface area (Å²) in [7, 11) is 0. The van der Waals surface area contributed by atoms with E-state index in [1.54, 1.807) is 0 Å². The second kappa shape index (κ2) is 7.55. The van der Waals surface area contributed by atoms with Crippen LogP contribution in [0.1, 0.15) is 40.0 Å². The standard InChI is InChI=1S/C6H9NO2.C4H8.C3H7/c1-2-8-4-6-5(1)3-9-7-6;1-4-2-3-4;1-3-2/h5H,1-4H2;4H,2-3H2,1H3;3H,1-2H3/q;;+1. The predicted molar refractivity (Wildman–Crippen MR) is 66.4 cm³/mol. The molecular formula is C13H24NO2+. The average Bonchev–Trinajstić information content (AvgIpc) is 2.93. The van der Waals surface area contributed by atoms with Crippen LogP contribution in [0.25, 0.3) is 0 Å². The molecule has 0 amide bonds. The molecule has 3 aliphatic rings. The molecule has 3 nitrogen and oxygen atoms in total. The van der Waals surface area contributed by atoms with Crippen molar-refractivity contribution in [3.63, 3.8) is 0 Å². The summed E-state index contributed by atoms with van der Waals surface area (Å²) in [6.45, 7) is 8.61. The van der Waals surface area contributed by atoms with E-state index in [-0.39, 0.29) is 0 Å². The van der Waals surface area contributed by atoms with Crippen molar-refractivity contribution < 1.29 is 9.57 Å². The molecule has 1 unspecified atom stereocenters. The Morgan fingerprint density at radius 1 is 1.25 bits per heavy atom. The third kappa shape index (κ3) is 5.40. The number of fused-ring (bicyclic) bond motifs is 1. The molecule has 1 saturated heterocycles. The molecule has 0 aromatic carbocycles. The second-order valence-electron chi connectivity index (χ2n) is 4.68. The molecule has 0 radical (unpaired) electrons. The number of nitrogens with zero attached hydrogens (tertiary/aromatic N) is 1. The number of oxime groups is 1. The first-order valence-corrected chi connectivity index (χ1v) is 6.28. The van der Waals surface area contributed by atoms with Gasteiger partial charge < -0.3 is 9.57 Å². The minimum atomic E-state index is 0.568. The molecule has 0 aromatic heterocycles. The lowest BCUT2D eigenvalue weighted by Crippen LogP contribution is -2.26. The van der Waals surface area contributed by atoms with Gasteiger partial charge in [-0.05, 0) is 12.3 Å². The van der Waals surface area contributed by atoms with E-state index in [4.69, 9.17) is 9.57 Å². The Kier molecular flexibility index (Phi) is 6.31. The molecule has 2 fully saturated rings. The van der Waals surface area contributed by atoms with Gasteiger partial charge in [0.25, 0.3) is 0 Å². The van der Waals surface area contributed by atoms with E-state index < -0.39 is 0 Å². The highest BCUT2D eigenvalue weighted by Gasteiger charge is 2.26. The van der Waals surface area contributed by atoms with Crippen LogP contribution in [0.3, 0.4) is 0 Å². The first-order valence-electron chi connectivity index (χ1n) is 6.28. The Labute approximate surface area is 99.2 Å². The van der Waals surface area contributed by atoms with Gasteiger partial charge in [-0.3, -0.25) is 0 Å². The molecule has 1 aliphatic carbocycles. The molecule has 92 valence electrons. The summed E-state index contributed by atoms with van der Waals surface area (Å²) in [5, 5.41) is 3.85. The van der Waals surface area contributed by atoms with Crippen LogP contribution in [0.5, 0.6) is 0 Å². The summed E-state index contributed by atoms with van der Waals surface area (Å²) >= 11 is 0. The average molecular weight is 226 g/mol. The minimum absolute atomic E-state index is 0.568. The molecule has 0 spiro atoms. The Morgan fingerprint density at radius 2 is 1.88 bits per heavy atom. The summed E-state index contributed by atoms with van der Waals surface area (Å²) in [6.07, 6.45) is 6.05. The zero-order valence-corrected chi connectivity index (χ0v) is 10.7. The van der Waals surface area contributed by atoms with Crippen LogP contribution in [0, 0.1) is 18.3 Å². The summed E-state index contributed by atoms with van der Waals surface area (Å²) < 4.78 is 5.17. The Balaban J connectivity index is 0.000000153. The predicted octanol–water partition coefficient (Wildman–Crippen LogP) is 3.06. The smallest absolute Gasteiger partial charge is 0.125 e. The molecule has 1 saturated carbocycles. The van der Waals surface area contributed by atoms with Crippen LogP contribution in [-0.4, -0.2) is 25.5 Å². The van der Waals surface area contributed by atoms with Crippen molar-refractivity contribution in [2.45, 2.75) is 40.0 Å². The molecule has 1 atom stereocenters. The van der Waals surface area contributed by atoms with Gasteiger partial charge in [0.05, 0.1) is 32.6 Å². The Bertz CT molecular complexity index is 212. The topological polar surface area (TPSA) is 30.8 Å². The molecule has 0 bridgehead atoms. The lowest BCUT2D eigenvalue weighted by Gasteiger charge is -2.15. The lowest BCUT2D eigenvalue weighted by atomic mass is 10.0. The van der Waals surface area contributed by atoms with Gasteiger partial charge in [-0.25, -0.2) is 0 Å². The van der Waals surface area contributed by atoms with Crippen LogP contribution >= 0.6 is 0 Å². The molecule has 2 aliphatic heterocycles. The molecule has 0 aromatic rings. The van der Waals surface area contributed by atoms with Crippen LogP contribution in [0.15, 0.2) is 5.16 Å². The van der Waals surface area contributed by atoms with Gasteiger partial charge in [-0.15, -0.1) is 0 Å². The minimum Gasteiger partial charge on any atom is -0.395 e. The molecule has 3 heteroatoms. The summed E-state index contributed by atoms with van der Waals surface area (Å²) in [5.74, 6) is 1.65. The van der Waals surface area contributed by atoms with Gasteiger partial charge in [0, 0.05) is 12.5 Å². The van der Waals surface area contributed by atoms with E-state index in [9.17, 15) is 0 Å². The second-order valence-corrected chi connectivity index (χ2v) is 4.68. The van der Waals surface area contributed by atoms with E-state index in [1.165, 1.54) is 12.8 Å². The summed E-state index contributed by atoms with van der Waals surface area (Å²) in [4.78, 5) is 4.90. The van der Waals surface area contributed by atoms with Gasteiger partial charge in [0.2, 0.25) is 0 Å². The van der Waals surface area contributed by atoms with Crippen molar-refractivity contribution in [3.05, 3.63) is 6.42 Å². The third-order valence-electron chi connectivity index (χ3n) is 2.66. The normalized spacial score (nSPS) is 25.9. The van der Waals surface area contributed by atoms with Gasteiger partial charge in [-0.2, -0.15) is 0 Å². The molecule has 0 N–H and O–H groups in total. The van der Waals surface area contributed by atoms with E-state index in [1.807, 2.05) is 20.3 Å². The third-order valence-corrected chi connectivity index (χ3v) is 2.66. The fourth-order valence-corrected chi connectivity index (χ4v) is 1.34.